The molecule has 112 valence electrons. The van der Waals surface area contributed by atoms with E-state index >= 15 is 0 Å². The molecule has 0 aliphatic rings. The Labute approximate surface area is 141 Å². The lowest BCUT2D eigenvalue weighted by molar-refractivity contribution is 0.415. The third-order valence-corrected chi connectivity index (χ3v) is 2.74. The van der Waals surface area contributed by atoms with Gasteiger partial charge >= 0.3 is 0 Å². The number of guanidine groups is 1. The second-order valence-electron chi connectivity index (χ2n) is 4.19. The van der Waals surface area contributed by atoms with E-state index in [9.17, 15) is 0 Å². The van der Waals surface area contributed by atoms with Gasteiger partial charge in [-0.05, 0) is 36.4 Å². The second-order valence-corrected chi connectivity index (χ2v) is 4.19. The summed E-state index contributed by atoms with van der Waals surface area (Å²) in [5.41, 5.74) is 7.72. The highest BCUT2D eigenvalue weighted by Crippen LogP contribution is 2.14. The third-order valence-electron chi connectivity index (χ3n) is 2.74. The molecule has 1 heterocycles. The Morgan fingerprint density at radius 3 is 2.62 bits per heavy atom. The van der Waals surface area contributed by atoms with Gasteiger partial charge in [0.2, 0.25) is 0 Å². The van der Waals surface area contributed by atoms with Crippen LogP contribution in [-0.2, 0) is 6.42 Å². The van der Waals surface area contributed by atoms with Crippen LogP contribution in [-0.4, -0.2) is 24.6 Å². The quantitative estimate of drug-likeness (QED) is 0.462. The summed E-state index contributed by atoms with van der Waals surface area (Å²) in [4.78, 5) is 8.50. The Kier molecular flexibility index (Phi) is 7.52. The summed E-state index contributed by atoms with van der Waals surface area (Å²) in [7, 11) is 1.63. The first-order chi connectivity index (χ1) is 9.78. The average molecular weight is 398 g/mol. The van der Waals surface area contributed by atoms with Crippen molar-refractivity contribution in [3.63, 3.8) is 0 Å². The molecule has 2 aromatic rings. The molecule has 0 unspecified atom stereocenters. The minimum Gasteiger partial charge on any atom is -0.497 e. The van der Waals surface area contributed by atoms with E-state index in [1.807, 2.05) is 42.5 Å². The number of nitrogens with zero attached hydrogens (tertiary/aromatic N) is 2. The van der Waals surface area contributed by atoms with Crippen LogP contribution in [0.15, 0.2) is 53.7 Å². The minimum absolute atomic E-state index is 0. The summed E-state index contributed by atoms with van der Waals surface area (Å²) in [5.74, 6) is 1.20. The number of nitrogens with one attached hydrogen (secondary N) is 1. The average Bonchev–Trinajstić information content (AvgIpc) is 2.49. The van der Waals surface area contributed by atoms with E-state index in [0.717, 1.165) is 23.6 Å². The monoisotopic (exact) mass is 398 g/mol. The molecule has 0 amide bonds. The molecule has 0 bridgehead atoms. The van der Waals surface area contributed by atoms with Crippen LogP contribution in [0.4, 0.5) is 5.69 Å². The van der Waals surface area contributed by atoms with Crippen LogP contribution in [0.5, 0.6) is 5.75 Å². The van der Waals surface area contributed by atoms with Gasteiger partial charge in [0.25, 0.3) is 0 Å². The molecule has 0 aliphatic carbocycles. The van der Waals surface area contributed by atoms with Crippen molar-refractivity contribution in [3.05, 3.63) is 54.4 Å². The maximum Gasteiger partial charge on any atom is 0.193 e. The van der Waals surface area contributed by atoms with Gasteiger partial charge in [-0.3, -0.25) is 9.98 Å². The molecule has 5 nitrogen and oxygen atoms in total. The topological polar surface area (TPSA) is 72.5 Å². The summed E-state index contributed by atoms with van der Waals surface area (Å²) in [6, 6.07) is 13.3. The van der Waals surface area contributed by atoms with Crippen LogP contribution in [0.3, 0.4) is 0 Å². The van der Waals surface area contributed by atoms with Gasteiger partial charge in [0.1, 0.15) is 5.75 Å². The van der Waals surface area contributed by atoms with Crippen LogP contribution >= 0.6 is 24.0 Å². The van der Waals surface area contributed by atoms with E-state index in [2.05, 4.69) is 15.3 Å². The van der Waals surface area contributed by atoms with Crippen LogP contribution in [0.25, 0.3) is 0 Å². The number of ether oxygens (including phenoxy) is 1. The van der Waals surface area contributed by atoms with Gasteiger partial charge in [0.15, 0.2) is 5.96 Å². The lowest BCUT2D eigenvalue weighted by Gasteiger charge is -2.06. The molecule has 0 saturated carbocycles. The number of hydrogen-bond donors (Lipinski definition) is 2. The highest BCUT2D eigenvalue weighted by molar-refractivity contribution is 14.0. The van der Waals surface area contributed by atoms with E-state index in [0.29, 0.717) is 12.5 Å². The Hall–Kier alpha value is -1.83. The van der Waals surface area contributed by atoms with E-state index in [-0.39, 0.29) is 24.0 Å². The zero-order valence-corrected chi connectivity index (χ0v) is 14.2. The first kappa shape index (κ1) is 17.2. The van der Waals surface area contributed by atoms with Gasteiger partial charge in [0.05, 0.1) is 7.11 Å². The molecule has 0 spiro atoms. The van der Waals surface area contributed by atoms with Gasteiger partial charge in [0, 0.05) is 30.5 Å². The van der Waals surface area contributed by atoms with Crippen LogP contribution in [0.2, 0.25) is 0 Å². The second kappa shape index (κ2) is 9.17. The molecule has 0 fully saturated rings. The molecule has 0 aliphatic heterocycles. The molecule has 1 aromatic heterocycles. The number of pyridine rings is 1. The molecule has 21 heavy (non-hydrogen) atoms. The van der Waals surface area contributed by atoms with Crippen LogP contribution in [0, 0.1) is 0 Å². The fourth-order valence-corrected chi connectivity index (χ4v) is 1.70. The third kappa shape index (κ3) is 5.99. The Morgan fingerprint density at radius 2 is 2.00 bits per heavy atom. The zero-order chi connectivity index (χ0) is 14.2. The predicted molar refractivity (Wildman–Crippen MR) is 96.5 cm³/mol. The zero-order valence-electron chi connectivity index (χ0n) is 11.8. The van der Waals surface area contributed by atoms with E-state index in [1.54, 1.807) is 13.3 Å². The number of benzene rings is 1. The first-order valence-corrected chi connectivity index (χ1v) is 6.39. The molecule has 6 heteroatoms. The molecule has 3 N–H and O–H groups in total. The number of hydrogen-bond acceptors (Lipinski definition) is 3. The molecule has 0 saturated heterocycles. The Balaban J connectivity index is 0.00000220. The molecule has 1 aromatic carbocycles. The summed E-state index contributed by atoms with van der Waals surface area (Å²) >= 11 is 0. The molecule has 2 rings (SSSR count). The van der Waals surface area contributed by atoms with Crippen molar-refractivity contribution in [2.75, 3.05) is 19.0 Å². The smallest absolute Gasteiger partial charge is 0.193 e. The fourth-order valence-electron chi connectivity index (χ4n) is 1.70. The number of anilines is 1. The lowest BCUT2D eigenvalue weighted by atomic mass is 10.3. The van der Waals surface area contributed by atoms with Crippen molar-refractivity contribution in [2.45, 2.75) is 6.42 Å². The molecule has 0 atom stereocenters. The van der Waals surface area contributed by atoms with Crippen molar-refractivity contribution in [1.82, 2.24) is 4.98 Å². The highest BCUT2D eigenvalue weighted by Gasteiger charge is 1.97. The van der Waals surface area contributed by atoms with Gasteiger partial charge < -0.3 is 15.8 Å². The fraction of sp³-hybridized carbons (Fsp3) is 0.200. The predicted octanol–water partition coefficient (Wildman–Crippen LogP) is 2.68. The Morgan fingerprint density at radius 1 is 1.24 bits per heavy atom. The van der Waals surface area contributed by atoms with Crippen molar-refractivity contribution in [2.24, 2.45) is 10.7 Å². The number of methoxy groups -OCH3 is 1. The van der Waals surface area contributed by atoms with Crippen molar-refractivity contribution in [1.29, 1.82) is 0 Å². The molecule has 0 radical (unpaired) electrons. The van der Waals surface area contributed by atoms with Crippen molar-refractivity contribution < 1.29 is 4.74 Å². The van der Waals surface area contributed by atoms with Gasteiger partial charge in [-0.25, -0.2) is 0 Å². The largest absolute Gasteiger partial charge is 0.497 e. The Bertz CT molecular complexity index is 558. The normalized spacial score (nSPS) is 10.6. The van der Waals surface area contributed by atoms with E-state index in [1.165, 1.54) is 0 Å². The van der Waals surface area contributed by atoms with Gasteiger partial charge in [-0.15, -0.1) is 24.0 Å². The standard InChI is InChI=1S/C15H18N4O.HI/c1-20-14-7-5-13(6-8-14)19-15(16)18-11-9-12-4-2-3-10-17-12;/h2-8,10H,9,11H2,1H3,(H3,16,18,19);1H. The number of aromatic nitrogens is 1. The SMILES string of the molecule is COc1ccc(NC(N)=NCCc2ccccn2)cc1.I. The maximum atomic E-state index is 5.83. The maximum absolute atomic E-state index is 5.83. The minimum atomic E-state index is 0. The van der Waals surface area contributed by atoms with Gasteiger partial charge in [-0.1, -0.05) is 6.07 Å². The summed E-state index contributed by atoms with van der Waals surface area (Å²) in [6.45, 7) is 0.603. The number of nitrogens with two attached hydrogens (primary N) is 1. The van der Waals surface area contributed by atoms with E-state index in [4.69, 9.17) is 10.5 Å². The first-order valence-electron chi connectivity index (χ1n) is 6.39. The number of halogens is 1. The highest BCUT2D eigenvalue weighted by atomic mass is 127. The van der Waals surface area contributed by atoms with Crippen LogP contribution in [0.1, 0.15) is 5.69 Å². The van der Waals surface area contributed by atoms with Crippen LogP contribution < -0.4 is 15.8 Å². The van der Waals surface area contributed by atoms with Gasteiger partial charge in [-0.2, -0.15) is 0 Å². The van der Waals surface area contributed by atoms with Crippen molar-refractivity contribution >= 4 is 35.6 Å². The lowest BCUT2D eigenvalue weighted by Crippen LogP contribution is -2.23. The van der Waals surface area contributed by atoms with E-state index < -0.39 is 0 Å². The number of aliphatic imine (C=N–C) groups is 1. The molecular formula is C15H19IN4O. The summed E-state index contributed by atoms with van der Waals surface area (Å²) in [6.07, 6.45) is 2.55. The summed E-state index contributed by atoms with van der Waals surface area (Å²) in [5, 5.41) is 3.03. The number of rotatable bonds is 5. The molecular weight excluding hydrogens is 379 g/mol. The van der Waals surface area contributed by atoms with Crippen molar-refractivity contribution in [3.8, 4) is 5.75 Å². The summed E-state index contributed by atoms with van der Waals surface area (Å²) < 4.78 is 5.09.